The molecule has 2 heterocycles. The highest BCUT2D eigenvalue weighted by Gasteiger charge is 2.20. The van der Waals surface area contributed by atoms with E-state index >= 15 is 0 Å². The number of carbonyl (C=O) groups is 1. The van der Waals surface area contributed by atoms with E-state index in [0.717, 1.165) is 37.1 Å². The fourth-order valence-electron chi connectivity index (χ4n) is 3.27. The molecule has 0 bridgehead atoms. The van der Waals surface area contributed by atoms with Crippen molar-refractivity contribution in [3.05, 3.63) is 53.6 Å². The van der Waals surface area contributed by atoms with Gasteiger partial charge in [-0.05, 0) is 55.2 Å². The average molecular weight is 412 g/mol. The molecule has 0 spiro atoms. The third-order valence-corrected chi connectivity index (χ3v) is 5.36. The molecule has 3 aromatic rings. The van der Waals surface area contributed by atoms with Crippen molar-refractivity contribution in [2.24, 2.45) is 5.92 Å². The molecule has 7 heteroatoms. The highest BCUT2D eigenvalue weighted by atomic mass is 35.5. The van der Waals surface area contributed by atoms with Gasteiger partial charge in [0.15, 0.2) is 6.61 Å². The van der Waals surface area contributed by atoms with Crippen molar-refractivity contribution in [3.63, 3.8) is 0 Å². The van der Waals surface area contributed by atoms with Gasteiger partial charge >= 0.3 is 0 Å². The molecule has 4 rings (SSSR count). The second kappa shape index (κ2) is 8.66. The van der Waals surface area contributed by atoms with E-state index in [1.54, 1.807) is 12.1 Å². The summed E-state index contributed by atoms with van der Waals surface area (Å²) in [6, 6.07) is 14.5. The Morgan fingerprint density at radius 3 is 2.69 bits per heavy atom. The van der Waals surface area contributed by atoms with Crippen LogP contribution in [0, 0.1) is 5.92 Å². The molecule has 29 heavy (non-hydrogen) atoms. The van der Waals surface area contributed by atoms with Crippen molar-refractivity contribution in [1.29, 1.82) is 0 Å². The molecule has 0 saturated carbocycles. The van der Waals surface area contributed by atoms with Crippen LogP contribution in [0.1, 0.15) is 19.8 Å². The Balaban J connectivity index is 1.41. The quantitative estimate of drug-likeness (QED) is 0.609. The van der Waals surface area contributed by atoms with Gasteiger partial charge < -0.3 is 14.2 Å². The second-order valence-corrected chi connectivity index (χ2v) is 7.75. The van der Waals surface area contributed by atoms with Crippen molar-refractivity contribution < 1.29 is 14.1 Å². The molecule has 1 aliphatic heterocycles. The molecular formula is C22H22ClN3O3. The number of carbonyl (C=O) groups excluding carboxylic acids is 1. The summed E-state index contributed by atoms with van der Waals surface area (Å²) in [5, 5.41) is 4.70. The molecule has 6 nitrogen and oxygen atoms in total. The molecule has 2 aromatic carbocycles. The first-order valence-electron chi connectivity index (χ1n) is 9.69. The molecule has 1 saturated heterocycles. The predicted octanol–water partition coefficient (Wildman–Crippen LogP) is 4.69. The number of amides is 1. The number of likely N-dealkylation sites (tertiary alicyclic amines) is 1. The Kier molecular flexibility index (Phi) is 5.81. The zero-order valence-electron chi connectivity index (χ0n) is 16.2. The van der Waals surface area contributed by atoms with Crippen LogP contribution in [0.25, 0.3) is 22.8 Å². The predicted molar refractivity (Wildman–Crippen MR) is 111 cm³/mol. The molecule has 0 unspecified atom stereocenters. The molecule has 1 aromatic heterocycles. The molecule has 0 atom stereocenters. The van der Waals surface area contributed by atoms with Crippen molar-refractivity contribution in [1.82, 2.24) is 15.0 Å². The monoisotopic (exact) mass is 411 g/mol. The number of benzene rings is 2. The van der Waals surface area contributed by atoms with E-state index in [-0.39, 0.29) is 12.5 Å². The Morgan fingerprint density at radius 2 is 1.93 bits per heavy atom. The van der Waals surface area contributed by atoms with Gasteiger partial charge in [0, 0.05) is 29.2 Å². The van der Waals surface area contributed by atoms with Gasteiger partial charge in [0.25, 0.3) is 11.8 Å². The van der Waals surface area contributed by atoms with E-state index in [1.165, 1.54) is 0 Å². The largest absolute Gasteiger partial charge is 0.484 e. The van der Waals surface area contributed by atoms with Crippen LogP contribution >= 0.6 is 11.6 Å². The molecule has 0 aliphatic carbocycles. The summed E-state index contributed by atoms with van der Waals surface area (Å²) >= 11 is 5.92. The van der Waals surface area contributed by atoms with Gasteiger partial charge in [-0.2, -0.15) is 4.98 Å². The van der Waals surface area contributed by atoms with Gasteiger partial charge in [-0.15, -0.1) is 0 Å². The van der Waals surface area contributed by atoms with E-state index in [1.807, 2.05) is 41.3 Å². The Hall–Kier alpha value is -2.86. The first-order valence-corrected chi connectivity index (χ1v) is 10.1. The zero-order chi connectivity index (χ0) is 20.2. The maximum atomic E-state index is 12.4. The Morgan fingerprint density at radius 1 is 1.17 bits per heavy atom. The maximum Gasteiger partial charge on any atom is 0.260 e. The lowest BCUT2D eigenvalue weighted by molar-refractivity contribution is -0.134. The summed E-state index contributed by atoms with van der Waals surface area (Å²) in [7, 11) is 0. The van der Waals surface area contributed by atoms with Crippen LogP contribution in [0.2, 0.25) is 5.02 Å². The summed E-state index contributed by atoms with van der Waals surface area (Å²) in [6.45, 7) is 3.86. The van der Waals surface area contributed by atoms with Gasteiger partial charge in [-0.3, -0.25) is 4.79 Å². The minimum Gasteiger partial charge on any atom is -0.484 e. The Bertz CT molecular complexity index is 979. The summed E-state index contributed by atoms with van der Waals surface area (Å²) in [5.41, 5.74) is 1.55. The Labute approximate surface area is 174 Å². The van der Waals surface area contributed by atoms with Crippen molar-refractivity contribution in [2.45, 2.75) is 19.8 Å². The van der Waals surface area contributed by atoms with Crippen LogP contribution < -0.4 is 4.74 Å². The number of hydrogen-bond acceptors (Lipinski definition) is 5. The van der Waals surface area contributed by atoms with Gasteiger partial charge in [0.05, 0.1) is 0 Å². The number of ether oxygens (including phenoxy) is 1. The van der Waals surface area contributed by atoms with Crippen molar-refractivity contribution in [3.8, 4) is 28.6 Å². The maximum absolute atomic E-state index is 12.4. The number of hydrogen-bond donors (Lipinski definition) is 0. The molecule has 1 amide bonds. The molecular weight excluding hydrogens is 390 g/mol. The third-order valence-electron chi connectivity index (χ3n) is 5.11. The minimum absolute atomic E-state index is 0.0203. The van der Waals surface area contributed by atoms with Gasteiger partial charge in [-0.25, -0.2) is 0 Å². The van der Waals surface area contributed by atoms with Crippen LogP contribution in [-0.2, 0) is 4.79 Å². The summed E-state index contributed by atoms with van der Waals surface area (Å²) in [5.74, 6) is 2.17. The second-order valence-electron chi connectivity index (χ2n) is 7.31. The standard InChI is InChI=1S/C22H22ClN3O3/c1-15-9-11-26(12-10-15)20(27)14-28-19-4-2-3-17(13-19)21-24-22(29-25-21)16-5-7-18(23)8-6-16/h2-8,13,15H,9-12,14H2,1H3. The van der Waals surface area contributed by atoms with E-state index in [0.29, 0.717) is 28.4 Å². The number of aromatic nitrogens is 2. The highest BCUT2D eigenvalue weighted by Crippen LogP contribution is 2.26. The average Bonchev–Trinajstić information content (AvgIpc) is 3.24. The first kappa shape index (κ1) is 19.5. The molecule has 0 N–H and O–H groups in total. The topological polar surface area (TPSA) is 68.5 Å². The van der Waals surface area contributed by atoms with Crippen LogP contribution in [-0.4, -0.2) is 40.6 Å². The van der Waals surface area contributed by atoms with Crippen LogP contribution in [0.15, 0.2) is 53.1 Å². The molecule has 1 aliphatic rings. The van der Waals surface area contributed by atoms with E-state index in [2.05, 4.69) is 17.1 Å². The number of piperidine rings is 1. The summed E-state index contributed by atoms with van der Waals surface area (Å²) in [6.07, 6.45) is 2.10. The molecule has 150 valence electrons. The lowest BCUT2D eigenvalue weighted by Crippen LogP contribution is -2.40. The molecule has 1 fully saturated rings. The number of rotatable bonds is 5. The van der Waals surface area contributed by atoms with Gasteiger partial charge in [-0.1, -0.05) is 35.8 Å². The third kappa shape index (κ3) is 4.77. The van der Waals surface area contributed by atoms with E-state index < -0.39 is 0 Å². The first-order chi connectivity index (χ1) is 14.1. The van der Waals surface area contributed by atoms with Gasteiger partial charge in [0.2, 0.25) is 5.82 Å². The molecule has 0 radical (unpaired) electrons. The fourth-order valence-corrected chi connectivity index (χ4v) is 3.40. The lowest BCUT2D eigenvalue weighted by Gasteiger charge is -2.30. The van der Waals surface area contributed by atoms with Crippen LogP contribution in [0.4, 0.5) is 0 Å². The smallest absolute Gasteiger partial charge is 0.260 e. The van der Waals surface area contributed by atoms with Crippen molar-refractivity contribution in [2.75, 3.05) is 19.7 Å². The summed E-state index contributed by atoms with van der Waals surface area (Å²) in [4.78, 5) is 18.7. The lowest BCUT2D eigenvalue weighted by atomic mass is 9.99. The van der Waals surface area contributed by atoms with E-state index in [4.69, 9.17) is 20.9 Å². The van der Waals surface area contributed by atoms with Crippen molar-refractivity contribution >= 4 is 17.5 Å². The highest BCUT2D eigenvalue weighted by molar-refractivity contribution is 6.30. The fraction of sp³-hybridized carbons (Fsp3) is 0.318. The van der Waals surface area contributed by atoms with Gasteiger partial charge in [0.1, 0.15) is 5.75 Å². The SMILES string of the molecule is CC1CCN(C(=O)COc2cccc(-c3noc(-c4ccc(Cl)cc4)n3)c2)CC1. The zero-order valence-corrected chi connectivity index (χ0v) is 16.9. The van der Waals surface area contributed by atoms with E-state index in [9.17, 15) is 4.79 Å². The minimum atomic E-state index is 0.0203. The van der Waals surface area contributed by atoms with Crippen LogP contribution in [0.3, 0.4) is 0 Å². The summed E-state index contributed by atoms with van der Waals surface area (Å²) < 4.78 is 11.1. The number of halogens is 1. The normalized spacial score (nSPS) is 14.8. The number of nitrogens with zero attached hydrogens (tertiary/aromatic N) is 3. The van der Waals surface area contributed by atoms with Crippen LogP contribution in [0.5, 0.6) is 5.75 Å².